The van der Waals surface area contributed by atoms with Gasteiger partial charge >= 0.3 is 6.18 Å². The lowest BCUT2D eigenvalue weighted by molar-refractivity contribution is -0.138. The van der Waals surface area contributed by atoms with E-state index in [1.54, 1.807) is 37.8 Å². The van der Waals surface area contributed by atoms with Crippen LogP contribution in [0.15, 0.2) is 35.6 Å². The highest BCUT2D eigenvalue weighted by atomic mass is 19.4. The molecule has 2 heterocycles. The number of benzene rings is 1. The average molecular weight is 439 g/mol. The van der Waals surface area contributed by atoms with Gasteiger partial charge in [0.05, 0.1) is 31.0 Å². The summed E-state index contributed by atoms with van der Waals surface area (Å²) in [6.07, 6.45) is -1.24. The number of hydrogen-bond donors (Lipinski definition) is 1. The van der Waals surface area contributed by atoms with Gasteiger partial charge in [-0.25, -0.2) is 0 Å². The summed E-state index contributed by atoms with van der Waals surface area (Å²) in [6, 6.07) is 4.05. The number of aliphatic imine (C=N–C) groups is 1. The largest absolute Gasteiger partial charge is 0.491 e. The molecule has 0 saturated carbocycles. The molecule has 1 aliphatic rings. The number of nitrogens with one attached hydrogen (secondary N) is 1. The van der Waals surface area contributed by atoms with E-state index in [0.29, 0.717) is 25.7 Å². The Hall–Kier alpha value is -2.75. The number of guanidine groups is 1. The zero-order valence-corrected chi connectivity index (χ0v) is 18.1. The van der Waals surface area contributed by atoms with Crippen molar-refractivity contribution in [2.75, 3.05) is 26.7 Å². The molecule has 1 aromatic carbocycles. The summed E-state index contributed by atoms with van der Waals surface area (Å²) in [6.45, 7) is 5.12. The fourth-order valence-corrected chi connectivity index (χ4v) is 3.48. The minimum atomic E-state index is -4.48. The standard InChI is InChI=1S/C21H28F3N5O2/c1-14(2)31-17-6-5-15(18(9-17)21(22,23)24)10-26-20(25-3)29-7-8-30-19(13-29)16-11-27-28(4)12-16/h5-6,9,11-12,14,19H,7-8,10,13H2,1-4H3,(H,25,26). The van der Waals surface area contributed by atoms with E-state index in [9.17, 15) is 13.2 Å². The van der Waals surface area contributed by atoms with Crippen LogP contribution in [-0.2, 0) is 24.5 Å². The van der Waals surface area contributed by atoms with E-state index in [2.05, 4.69) is 15.4 Å². The van der Waals surface area contributed by atoms with Gasteiger partial charge in [0, 0.05) is 38.9 Å². The number of halogens is 3. The molecule has 0 spiro atoms. The van der Waals surface area contributed by atoms with E-state index < -0.39 is 11.7 Å². The first-order chi connectivity index (χ1) is 14.7. The molecule has 0 amide bonds. The predicted octanol–water partition coefficient (Wildman–Crippen LogP) is 3.38. The van der Waals surface area contributed by atoms with Crippen molar-refractivity contribution in [2.45, 2.75) is 38.8 Å². The Labute approximate surface area is 179 Å². The number of morpholine rings is 1. The Morgan fingerprint density at radius 1 is 1.39 bits per heavy atom. The summed E-state index contributed by atoms with van der Waals surface area (Å²) in [7, 11) is 3.45. The monoisotopic (exact) mass is 439 g/mol. The van der Waals surface area contributed by atoms with Gasteiger partial charge in [0.2, 0.25) is 0 Å². The van der Waals surface area contributed by atoms with Crippen LogP contribution in [0.4, 0.5) is 13.2 Å². The van der Waals surface area contributed by atoms with Crippen molar-refractivity contribution in [3.63, 3.8) is 0 Å². The Balaban J connectivity index is 1.71. The Morgan fingerprint density at radius 3 is 2.77 bits per heavy atom. The molecule has 0 aliphatic carbocycles. The van der Waals surface area contributed by atoms with Gasteiger partial charge in [-0.1, -0.05) is 6.07 Å². The molecule has 0 bridgehead atoms. The molecule has 1 aromatic heterocycles. The first kappa shape index (κ1) is 22.9. The van der Waals surface area contributed by atoms with E-state index in [4.69, 9.17) is 9.47 Å². The van der Waals surface area contributed by atoms with Gasteiger partial charge in [-0.15, -0.1) is 0 Å². The number of nitrogens with zero attached hydrogens (tertiary/aromatic N) is 4. The van der Waals surface area contributed by atoms with Crippen molar-refractivity contribution in [1.29, 1.82) is 0 Å². The van der Waals surface area contributed by atoms with Gasteiger partial charge in [0.1, 0.15) is 11.9 Å². The van der Waals surface area contributed by atoms with Gasteiger partial charge in [-0.3, -0.25) is 9.67 Å². The van der Waals surface area contributed by atoms with Crippen LogP contribution in [0.2, 0.25) is 0 Å². The van der Waals surface area contributed by atoms with Gasteiger partial charge in [-0.05, 0) is 31.5 Å². The second-order valence-corrected chi connectivity index (χ2v) is 7.64. The molecule has 1 saturated heterocycles. The molecule has 1 unspecified atom stereocenters. The lowest BCUT2D eigenvalue weighted by Gasteiger charge is -2.34. The molecular formula is C21H28F3N5O2. The first-order valence-electron chi connectivity index (χ1n) is 10.1. The maximum atomic E-state index is 13.6. The third-order valence-electron chi connectivity index (χ3n) is 4.87. The SMILES string of the molecule is CN=C(NCc1ccc(OC(C)C)cc1C(F)(F)F)N1CCOC(c2cnn(C)c2)C1. The van der Waals surface area contributed by atoms with Gasteiger partial charge in [0.15, 0.2) is 5.96 Å². The molecule has 1 fully saturated rings. The first-order valence-corrected chi connectivity index (χ1v) is 10.1. The molecule has 0 radical (unpaired) electrons. The minimum absolute atomic E-state index is 0.0155. The number of aryl methyl sites for hydroxylation is 1. The lowest BCUT2D eigenvalue weighted by atomic mass is 10.1. The second kappa shape index (κ2) is 9.59. The molecular weight excluding hydrogens is 411 g/mol. The molecule has 1 atom stereocenters. The molecule has 31 heavy (non-hydrogen) atoms. The third kappa shape index (κ3) is 5.90. The van der Waals surface area contributed by atoms with E-state index >= 15 is 0 Å². The van der Waals surface area contributed by atoms with Crippen LogP contribution >= 0.6 is 0 Å². The Morgan fingerprint density at radius 2 is 2.16 bits per heavy atom. The zero-order chi connectivity index (χ0) is 22.6. The van der Waals surface area contributed by atoms with E-state index in [1.807, 2.05) is 18.1 Å². The summed E-state index contributed by atoms with van der Waals surface area (Å²) in [5.74, 6) is 0.718. The number of ether oxygens (including phenoxy) is 2. The summed E-state index contributed by atoms with van der Waals surface area (Å²) in [5.41, 5.74) is 0.355. The molecule has 170 valence electrons. The highest BCUT2D eigenvalue weighted by molar-refractivity contribution is 5.80. The highest BCUT2D eigenvalue weighted by Gasteiger charge is 2.34. The fourth-order valence-electron chi connectivity index (χ4n) is 3.48. The van der Waals surface area contributed by atoms with Crippen LogP contribution in [0.1, 0.15) is 36.6 Å². The Kier molecular flexibility index (Phi) is 7.09. The molecule has 1 N–H and O–H groups in total. The molecule has 7 nitrogen and oxygen atoms in total. The van der Waals surface area contributed by atoms with Crippen LogP contribution in [0, 0.1) is 0 Å². The van der Waals surface area contributed by atoms with Crippen molar-refractivity contribution in [3.05, 3.63) is 47.3 Å². The number of hydrogen-bond acceptors (Lipinski definition) is 4. The normalized spacial score (nSPS) is 17.9. The van der Waals surface area contributed by atoms with Crippen LogP contribution in [0.25, 0.3) is 0 Å². The van der Waals surface area contributed by atoms with E-state index in [-0.39, 0.29) is 30.1 Å². The van der Waals surface area contributed by atoms with Crippen molar-refractivity contribution in [2.24, 2.45) is 12.0 Å². The molecule has 10 heteroatoms. The van der Waals surface area contributed by atoms with Crippen LogP contribution in [-0.4, -0.2) is 53.5 Å². The van der Waals surface area contributed by atoms with E-state index in [0.717, 1.165) is 11.6 Å². The van der Waals surface area contributed by atoms with Crippen molar-refractivity contribution >= 4 is 5.96 Å². The quantitative estimate of drug-likeness (QED) is 0.572. The predicted molar refractivity (Wildman–Crippen MR) is 111 cm³/mol. The summed E-state index contributed by atoms with van der Waals surface area (Å²) >= 11 is 0. The molecule has 1 aliphatic heterocycles. The van der Waals surface area contributed by atoms with Crippen LogP contribution in [0.3, 0.4) is 0 Å². The number of aromatic nitrogens is 2. The summed E-state index contributed by atoms with van der Waals surface area (Å²) < 4.78 is 53.8. The van der Waals surface area contributed by atoms with Crippen LogP contribution in [0.5, 0.6) is 5.75 Å². The van der Waals surface area contributed by atoms with Crippen molar-refractivity contribution in [3.8, 4) is 5.75 Å². The maximum absolute atomic E-state index is 13.6. The number of alkyl halides is 3. The fraction of sp³-hybridized carbons (Fsp3) is 0.524. The van der Waals surface area contributed by atoms with Gasteiger partial charge in [-0.2, -0.15) is 18.3 Å². The van der Waals surface area contributed by atoms with Crippen molar-refractivity contribution in [1.82, 2.24) is 20.0 Å². The highest BCUT2D eigenvalue weighted by Crippen LogP contribution is 2.34. The maximum Gasteiger partial charge on any atom is 0.416 e. The zero-order valence-electron chi connectivity index (χ0n) is 18.1. The Bertz CT molecular complexity index is 911. The summed E-state index contributed by atoms with van der Waals surface area (Å²) in [5, 5.41) is 7.24. The average Bonchev–Trinajstić information content (AvgIpc) is 3.15. The van der Waals surface area contributed by atoms with E-state index in [1.165, 1.54) is 6.07 Å². The smallest absolute Gasteiger partial charge is 0.416 e. The number of rotatable bonds is 5. The third-order valence-corrected chi connectivity index (χ3v) is 4.87. The lowest BCUT2D eigenvalue weighted by Crippen LogP contribution is -2.48. The van der Waals surface area contributed by atoms with Crippen LogP contribution < -0.4 is 10.1 Å². The minimum Gasteiger partial charge on any atom is -0.491 e. The van der Waals surface area contributed by atoms with Gasteiger partial charge in [0.25, 0.3) is 0 Å². The molecule has 3 rings (SSSR count). The van der Waals surface area contributed by atoms with Crippen molar-refractivity contribution < 1.29 is 22.6 Å². The summed E-state index contributed by atoms with van der Waals surface area (Å²) in [4.78, 5) is 6.23. The second-order valence-electron chi connectivity index (χ2n) is 7.64. The van der Waals surface area contributed by atoms with Gasteiger partial charge < -0.3 is 19.7 Å². The topological polar surface area (TPSA) is 63.9 Å². The molecule has 2 aromatic rings.